The molecule has 1 fully saturated rings. The lowest BCUT2D eigenvalue weighted by Crippen LogP contribution is -2.21. The monoisotopic (exact) mass is 351 g/mol. The Labute approximate surface area is 131 Å². The fraction of sp³-hybridized carbons (Fsp3) is 0.500. The van der Waals surface area contributed by atoms with Crippen LogP contribution in [0, 0.1) is 0 Å². The summed E-state index contributed by atoms with van der Waals surface area (Å²) in [7, 11) is 0. The molecule has 1 atom stereocenters. The molecule has 1 aliphatic heterocycles. The maximum absolute atomic E-state index is 5.86. The molecule has 2 heterocycles. The molecule has 0 bridgehead atoms. The summed E-state index contributed by atoms with van der Waals surface area (Å²) in [5.74, 6) is 0.727. The molecule has 0 amide bonds. The van der Waals surface area contributed by atoms with Crippen molar-refractivity contribution in [3.05, 3.63) is 22.7 Å². The Morgan fingerprint density at radius 1 is 1.38 bits per heavy atom. The summed E-state index contributed by atoms with van der Waals surface area (Å²) >= 11 is 3.52. The Bertz CT molecular complexity index is 609. The molecule has 0 spiro atoms. The van der Waals surface area contributed by atoms with Gasteiger partial charge < -0.3 is 10.5 Å². The maximum Gasteiger partial charge on any atom is 0.183 e. The number of hydrogen-bond acceptors (Lipinski definition) is 5. The molecule has 112 valence electrons. The number of aryl methyl sites for hydroxylation is 1. The van der Waals surface area contributed by atoms with E-state index >= 15 is 0 Å². The lowest BCUT2D eigenvalue weighted by molar-refractivity contribution is 0.00828. The van der Waals surface area contributed by atoms with Crippen LogP contribution in [0.2, 0.25) is 0 Å². The van der Waals surface area contributed by atoms with Gasteiger partial charge in [0.2, 0.25) is 0 Å². The Balaban J connectivity index is 1.75. The number of rotatable bonds is 4. The Kier molecular flexibility index (Phi) is 4.50. The van der Waals surface area contributed by atoms with E-state index in [4.69, 9.17) is 10.5 Å². The van der Waals surface area contributed by atoms with E-state index < -0.39 is 0 Å². The first-order valence-electron chi connectivity index (χ1n) is 7.17. The van der Waals surface area contributed by atoms with Crippen molar-refractivity contribution in [1.29, 1.82) is 0 Å². The highest BCUT2D eigenvalue weighted by Gasteiger charge is 2.17. The van der Waals surface area contributed by atoms with Gasteiger partial charge in [0.05, 0.1) is 6.10 Å². The predicted octanol–water partition coefficient (Wildman–Crippen LogP) is 2.64. The molecule has 2 aromatic rings. The Morgan fingerprint density at radius 3 is 3.10 bits per heavy atom. The zero-order valence-electron chi connectivity index (χ0n) is 11.7. The van der Waals surface area contributed by atoms with Crippen LogP contribution < -0.4 is 5.73 Å². The van der Waals surface area contributed by atoms with Crippen molar-refractivity contribution >= 4 is 21.6 Å². The third kappa shape index (κ3) is 3.41. The van der Waals surface area contributed by atoms with Gasteiger partial charge in [-0.25, -0.2) is 4.68 Å². The second-order valence-corrected chi connectivity index (χ2v) is 6.10. The molecular formula is C14H18BrN5O. The highest BCUT2D eigenvalue weighted by Crippen LogP contribution is 2.28. The number of nitrogens with zero attached hydrogens (tertiary/aromatic N) is 4. The smallest absolute Gasteiger partial charge is 0.183 e. The van der Waals surface area contributed by atoms with Crippen LogP contribution in [0.15, 0.2) is 22.7 Å². The normalized spacial score (nSPS) is 18.8. The summed E-state index contributed by atoms with van der Waals surface area (Å²) in [4.78, 5) is 0. The van der Waals surface area contributed by atoms with Gasteiger partial charge >= 0.3 is 0 Å². The van der Waals surface area contributed by atoms with Crippen LogP contribution in [-0.4, -0.2) is 32.9 Å². The summed E-state index contributed by atoms with van der Waals surface area (Å²) in [6.07, 6.45) is 4.79. The number of halogens is 1. The van der Waals surface area contributed by atoms with Gasteiger partial charge in [-0.1, -0.05) is 15.9 Å². The summed E-state index contributed by atoms with van der Waals surface area (Å²) in [6, 6.07) is 5.63. The molecule has 2 N–H and O–H groups in total. The van der Waals surface area contributed by atoms with Crippen molar-refractivity contribution in [2.45, 2.75) is 38.3 Å². The van der Waals surface area contributed by atoms with E-state index in [1.54, 1.807) is 0 Å². The molecule has 0 saturated carbocycles. The minimum Gasteiger partial charge on any atom is -0.399 e. The Morgan fingerprint density at radius 2 is 2.29 bits per heavy atom. The van der Waals surface area contributed by atoms with Crippen molar-refractivity contribution in [2.75, 3.05) is 12.3 Å². The molecule has 21 heavy (non-hydrogen) atoms. The van der Waals surface area contributed by atoms with E-state index in [0.29, 0.717) is 11.8 Å². The molecule has 1 unspecified atom stereocenters. The quantitative estimate of drug-likeness (QED) is 0.856. The minimum atomic E-state index is 0.320. The molecule has 0 radical (unpaired) electrons. The van der Waals surface area contributed by atoms with E-state index in [1.165, 1.54) is 12.8 Å². The third-order valence-electron chi connectivity index (χ3n) is 3.70. The second-order valence-electron chi connectivity index (χ2n) is 5.24. The van der Waals surface area contributed by atoms with Gasteiger partial charge in [-0.3, -0.25) is 0 Å². The van der Waals surface area contributed by atoms with Crippen molar-refractivity contribution in [3.63, 3.8) is 0 Å². The largest absolute Gasteiger partial charge is 0.399 e. The van der Waals surface area contributed by atoms with Crippen molar-refractivity contribution in [3.8, 4) is 11.4 Å². The predicted molar refractivity (Wildman–Crippen MR) is 83.6 cm³/mol. The molecule has 1 saturated heterocycles. The van der Waals surface area contributed by atoms with Crippen LogP contribution in [0.4, 0.5) is 5.69 Å². The first-order chi connectivity index (χ1) is 10.2. The molecule has 3 rings (SSSR count). The molecule has 6 nitrogen and oxygen atoms in total. The summed E-state index contributed by atoms with van der Waals surface area (Å²) in [5, 5.41) is 12.0. The van der Waals surface area contributed by atoms with Crippen LogP contribution in [0.1, 0.15) is 25.7 Å². The van der Waals surface area contributed by atoms with Crippen LogP contribution in [-0.2, 0) is 11.3 Å². The van der Waals surface area contributed by atoms with Gasteiger partial charge in [-0.05, 0) is 54.3 Å². The first-order valence-corrected chi connectivity index (χ1v) is 7.96. The van der Waals surface area contributed by atoms with Crippen molar-refractivity contribution < 1.29 is 4.74 Å². The van der Waals surface area contributed by atoms with Crippen LogP contribution in [0.25, 0.3) is 11.4 Å². The van der Waals surface area contributed by atoms with Gasteiger partial charge in [-0.15, -0.1) is 5.10 Å². The Hall–Kier alpha value is -1.47. The molecule has 1 aromatic carbocycles. The number of anilines is 1. The average Bonchev–Trinajstić information content (AvgIpc) is 2.97. The van der Waals surface area contributed by atoms with Gasteiger partial charge in [-0.2, -0.15) is 0 Å². The standard InChI is InChI=1S/C14H18BrN5O/c15-13-5-4-10(16)9-12(13)14-17-18-19-20(14)7-6-11-3-1-2-8-21-11/h4-5,9,11H,1-3,6-8,16H2. The summed E-state index contributed by atoms with van der Waals surface area (Å²) < 4.78 is 8.50. The molecule has 7 heteroatoms. The number of nitrogen functional groups attached to an aromatic ring is 1. The van der Waals surface area contributed by atoms with Gasteiger partial charge in [0.1, 0.15) is 0 Å². The average molecular weight is 352 g/mol. The molecule has 0 aliphatic carbocycles. The summed E-state index contributed by atoms with van der Waals surface area (Å²) in [6.45, 7) is 1.61. The molecule has 1 aliphatic rings. The van der Waals surface area contributed by atoms with Crippen molar-refractivity contribution in [1.82, 2.24) is 20.2 Å². The number of tetrazole rings is 1. The number of ether oxygens (including phenoxy) is 1. The van der Waals surface area contributed by atoms with E-state index in [0.717, 1.165) is 41.9 Å². The van der Waals surface area contributed by atoms with Crippen molar-refractivity contribution in [2.24, 2.45) is 0 Å². The third-order valence-corrected chi connectivity index (χ3v) is 4.39. The highest BCUT2D eigenvalue weighted by atomic mass is 79.9. The fourth-order valence-electron chi connectivity index (χ4n) is 2.56. The lowest BCUT2D eigenvalue weighted by atomic mass is 10.1. The lowest BCUT2D eigenvalue weighted by Gasteiger charge is -2.22. The van der Waals surface area contributed by atoms with Gasteiger partial charge in [0.15, 0.2) is 5.82 Å². The number of aromatic nitrogens is 4. The van der Waals surface area contributed by atoms with Gasteiger partial charge in [0.25, 0.3) is 0 Å². The minimum absolute atomic E-state index is 0.320. The fourth-order valence-corrected chi connectivity index (χ4v) is 2.99. The van der Waals surface area contributed by atoms with Crippen LogP contribution in [0.3, 0.4) is 0 Å². The van der Waals surface area contributed by atoms with E-state index in [2.05, 4.69) is 31.5 Å². The summed E-state index contributed by atoms with van der Waals surface area (Å²) in [5.41, 5.74) is 7.46. The zero-order chi connectivity index (χ0) is 14.7. The zero-order valence-corrected chi connectivity index (χ0v) is 13.3. The SMILES string of the molecule is Nc1ccc(Br)c(-c2nnnn2CCC2CCCCO2)c1. The number of nitrogens with two attached hydrogens (primary N) is 1. The molecular weight excluding hydrogens is 334 g/mol. The van der Waals surface area contributed by atoms with E-state index in [9.17, 15) is 0 Å². The van der Waals surface area contributed by atoms with Gasteiger partial charge in [0, 0.05) is 28.9 Å². The number of hydrogen-bond donors (Lipinski definition) is 1. The second kappa shape index (κ2) is 6.53. The van der Waals surface area contributed by atoms with Crippen LogP contribution >= 0.6 is 15.9 Å². The first kappa shape index (κ1) is 14.5. The van der Waals surface area contributed by atoms with E-state index in [1.807, 2.05) is 22.9 Å². The van der Waals surface area contributed by atoms with E-state index in [-0.39, 0.29) is 0 Å². The maximum atomic E-state index is 5.86. The number of benzene rings is 1. The van der Waals surface area contributed by atoms with Crippen LogP contribution in [0.5, 0.6) is 0 Å². The highest BCUT2D eigenvalue weighted by molar-refractivity contribution is 9.10. The molecule has 1 aromatic heterocycles. The topological polar surface area (TPSA) is 78.9 Å².